The first-order valence-electron chi connectivity index (χ1n) is 4.95. The van der Waals surface area contributed by atoms with E-state index in [1.807, 2.05) is 0 Å². The van der Waals surface area contributed by atoms with Gasteiger partial charge in [-0.2, -0.15) is 0 Å². The van der Waals surface area contributed by atoms with E-state index in [-0.39, 0.29) is 6.61 Å². The molecule has 1 aromatic heterocycles. The van der Waals surface area contributed by atoms with Gasteiger partial charge in [0.2, 0.25) is 0 Å². The third-order valence-electron chi connectivity index (χ3n) is 2.15. The van der Waals surface area contributed by atoms with E-state index in [1.54, 1.807) is 24.3 Å². The van der Waals surface area contributed by atoms with Crippen molar-refractivity contribution in [2.75, 3.05) is 0 Å². The van der Waals surface area contributed by atoms with Crippen molar-refractivity contribution in [2.45, 2.75) is 6.61 Å². The van der Waals surface area contributed by atoms with Gasteiger partial charge in [-0.1, -0.05) is 23.2 Å². The number of nitrogens with zero attached hydrogens (tertiary/aromatic N) is 1. The number of ether oxygens (including phenoxy) is 1. The van der Waals surface area contributed by atoms with Crippen LogP contribution in [0.4, 0.5) is 4.39 Å². The van der Waals surface area contributed by atoms with Crippen molar-refractivity contribution in [2.24, 2.45) is 0 Å². The van der Waals surface area contributed by atoms with Gasteiger partial charge in [-0.15, -0.1) is 0 Å². The van der Waals surface area contributed by atoms with Gasteiger partial charge in [0.1, 0.15) is 23.3 Å². The fourth-order valence-corrected chi connectivity index (χ4v) is 1.85. The van der Waals surface area contributed by atoms with Gasteiger partial charge in [0.05, 0.1) is 15.2 Å². The summed E-state index contributed by atoms with van der Waals surface area (Å²) in [6, 6.07) is 7.72. The largest absolute Gasteiger partial charge is 0.487 e. The van der Waals surface area contributed by atoms with Crippen LogP contribution < -0.4 is 4.74 Å². The van der Waals surface area contributed by atoms with Crippen LogP contribution in [-0.2, 0) is 6.61 Å². The zero-order chi connectivity index (χ0) is 13.1. The smallest absolute Gasteiger partial charge is 0.141 e. The Bertz CT molecular complexity index is 580. The minimum atomic E-state index is -0.391. The van der Waals surface area contributed by atoms with Crippen molar-refractivity contribution < 1.29 is 9.13 Å². The third kappa shape index (κ3) is 3.34. The highest BCUT2D eigenvalue weighted by atomic mass is 79.9. The summed E-state index contributed by atoms with van der Waals surface area (Å²) in [4.78, 5) is 4.03. The van der Waals surface area contributed by atoms with Crippen molar-refractivity contribution in [3.05, 3.63) is 56.5 Å². The van der Waals surface area contributed by atoms with Crippen molar-refractivity contribution >= 4 is 39.1 Å². The molecule has 0 fully saturated rings. The number of rotatable bonds is 3. The highest BCUT2D eigenvalue weighted by Gasteiger charge is 2.06. The Kier molecular flexibility index (Phi) is 4.43. The van der Waals surface area contributed by atoms with Gasteiger partial charge < -0.3 is 4.74 Å². The summed E-state index contributed by atoms with van der Waals surface area (Å²) in [5, 5.41) is 0.789. The molecule has 0 aliphatic carbocycles. The number of aromatic nitrogens is 1. The van der Waals surface area contributed by atoms with E-state index in [0.29, 0.717) is 26.1 Å². The van der Waals surface area contributed by atoms with Crippen LogP contribution in [-0.4, -0.2) is 4.98 Å². The van der Waals surface area contributed by atoms with E-state index in [4.69, 9.17) is 27.9 Å². The van der Waals surface area contributed by atoms with Crippen LogP contribution in [0.2, 0.25) is 10.2 Å². The second kappa shape index (κ2) is 5.87. The van der Waals surface area contributed by atoms with E-state index >= 15 is 0 Å². The molecule has 6 heteroatoms. The minimum Gasteiger partial charge on any atom is -0.487 e. The number of hydrogen-bond acceptors (Lipinski definition) is 2. The van der Waals surface area contributed by atoms with Gasteiger partial charge in [-0.05, 0) is 40.2 Å². The molecule has 2 nitrogen and oxygen atoms in total. The predicted octanol–water partition coefficient (Wildman–Crippen LogP) is 4.87. The SMILES string of the molecule is Fc1cc(OCc2nc(Cl)ccc2Cl)ccc1Br. The maximum Gasteiger partial charge on any atom is 0.141 e. The predicted molar refractivity (Wildman–Crippen MR) is 72.7 cm³/mol. The molecule has 18 heavy (non-hydrogen) atoms. The molecule has 0 saturated carbocycles. The average Bonchev–Trinajstić information content (AvgIpc) is 2.34. The first-order chi connectivity index (χ1) is 8.56. The van der Waals surface area contributed by atoms with E-state index in [1.165, 1.54) is 6.07 Å². The molecular formula is C12H7BrCl2FNO. The van der Waals surface area contributed by atoms with Crippen molar-refractivity contribution in [1.29, 1.82) is 0 Å². The van der Waals surface area contributed by atoms with Crippen LogP contribution in [0.3, 0.4) is 0 Å². The summed E-state index contributed by atoms with van der Waals surface area (Å²) in [7, 11) is 0. The first-order valence-corrected chi connectivity index (χ1v) is 6.50. The minimum absolute atomic E-state index is 0.125. The molecule has 94 valence electrons. The average molecular weight is 351 g/mol. The first kappa shape index (κ1) is 13.6. The van der Waals surface area contributed by atoms with Crippen LogP contribution in [0, 0.1) is 5.82 Å². The van der Waals surface area contributed by atoms with Gasteiger partial charge in [0, 0.05) is 6.07 Å². The standard InChI is InChI=1S/C12H7BrCl2FNO/c13-8-2-1-7(5-10(8)16)18-6-11-9(14)3-4-12(15)17-11/h1-5H,6H2. The van der Waals surface area contributed by atoms with Gasteiger partial charge in [-0.3, -0.25) is 0 Å². The zero-order valence-electron chi connectivity index (χ0n) is 8.96. The lowest BCUT2D eigenvalue weighted by atomic mass is 10.3. The molecule has 0 unspecified atom stereocenters. The van der Waals surface area contributed by atoms with Gasteiger partial charge >= 0.3 is 0 Å². The molecule has 0 saturated heterocycles. The molecule has 0 amide bonds. The molecule has 0 aliphatic heterocycles. The van der Waals surface area contributed by atoms with Gasteiger partial charge in [0.25, 0.3) is 0 Å². The third-order valence-corrected chi connectivity index (χ3v) is 3.35. The lowest BCUT2D eigenvalue weighted by molar-refractivity contribution is 0.300. The fraction of sp³-hybridized carbons (Fsp3) is 0.0833. The van der Waals surface area contributed by atoms with Crippen molar-refractivity contribution in [1.82, 2.24) is 4.98 Å². The second-order valence-electron chi connectivity index (χ2n) is 3.43. The lowest BCUT2D eigenvalue weighted by Gasteiger charge is -2.07. The van der Waals surface area contributed by atoms with E-state index in [2.05, 4.69) is 20.9 Å². The molecule has 0 aliphatic rings. The fourth-order valence-electron chi connectivity index (χ4n) is 1.28. The summed E-state index contributed by atoms with van der Waals surface area (Å²) in [5.74, 6) is 0.00573. The maximum absolute atomic E-state index is 13.3. The summed E-state index contributed by atoms with van der Waals surface area (Å²) in [6.45, 7) is 0.125. The molecule has 0 bridgehead atoms. The quantitative estimate of drug-likeness (QED) is 0.737. The number of benzene rings is 1. The molecule has 0 spiro atoms. The van der Waals surface area contributed by atoms with Crippen molar-refractivity contribution in [3.63, 3.8) is 0 Å². The van der Waals surface area contributed by atoms with Gasteiger partial charge in [0.15, 0.2) is 0 Å². The molecule has 0 radical (unpaired) electrons. The Morgan fingerprint density at radius 1 is 1.22 bits per heavy atom. The Labute approximate surface area is 122 Å². The normalized spacial score (nSPS) is 10.4. The molecule has 1 aromatic carbocycles. The monoisotopic (exact) mass is 349 g/mol. The molecular weight excluding hydrogens is 344 g/mol. The Balaban J connectivity index is 2.11. The summed E-state index contributed by atoms with van der Waals surface area (Å²) >= 11 is 14.8. The van der Waals surface area contributed by atoms with E-state index in [0.717, 1.165) is 0 Å². The van der Waals surface area contributed by atoms with Crippen LogP contribution in [0.1, 0.15) is 5.69 Å². The number of hydrogen-bond donors (Lipinski definition) is 0. The van der Waals surface area contributed by atoms with Crippen LogP contribution in [0.25, 0.3) is 0 Å². The molecule has 0 N–H and O–H groups in total. The van der Waals surface area contributed by atoms with Crippen LogP contribution in [0.5, 0.6) is 5.75 Å². The molecule has 2 aromatic rings. The summed E-state index contributed by atoms with van der Waals surface area (Å²) < 4.78 is 19.0. The van der Waals surface area contributed by atoms with Crippen molar-refractivity contribution in [3.8, 4) is 5.75 Å². The van der Waals surface area contributed by atoms with Crippen LogP contribution >= 0.6 is 39.1 Å². The lowest BCUT2D eigenvalue weighted by Crippen LogP contribution is -1.99. The van der Waals surface area contributed by atoms with Gasteiger partial charge in [-0.25, -0.2) is 9.37 Å². The van der Waals surface area contributed by atoms with E-state index < -0.39 is 5.82 Å². The van der Waals surface area contributed by atoms with Crippen LogP contribution in [0.15, 0.2) is 34.8 Å². The number of halogens is 4. The summed E-state index contributed by atoms with van der Waals surface area (Å²) in [5.41, 5.74) is 0.507. The number of pyridine rings is 1. The highest BCUT2D eigenvalue weighted by molar-refractivity contribution is 9.10. The molecule has 2 rings (SSSR count). The molecule has 0 atom stereocenters. The highest BCUT2D eigenvalue weighted by Crippen LogP contribution is 2.23. The Hall–Kier alpha value is -0.840. The summed E-state index contributed by atoms with van der Waals surface area (Å²) in [6.07, 6.45) is 0. The Morgan fingerprint density at radius 3 is 2.72 bits per heavy atom. The Morgan fingerprint density at radius 2 is 2.00 bits per heavy atom. The maximum atomic E-state index is 13.3. The van der Waals surface area contributed by atoms with E-state index in [9.17, 15) is 4.39 Å². The second-order valence-corrected chi connectivity index (χ2v) is 5.08. The zero-order valence-corrected chi connectivity index (χ0v) is 12.1. The topological polar surface area (TPSA) is 22.1 Å². The molecule has 1 heterocycles.